The molecule has 0 radical (unpaired) electrons. The summed E-state index contributed by atoms with van der Waals surface area (Å²) in [6, 6.07) is 5.41. The van der Waals surface area contributed by atoms with Crippen LogP contribution in [0.1, 0.15) is 37.6 Å². The number of aliphatic hydroxyl groups is 1. The predicted octanol–water partition coefficient (Wildman–Crippen LogP) is 3.31. The summed E-state index contributed by atoms with van der Waals surface area (Å²) in [6.07, 6.45) is 1.36. The first kappa shape index (κ1) is 18.2. The van der Waals surface area contributed by atoms with Crippen LogP contribution < -0.4 is 11.1 Å². The number of fused-ring (bicyclic) bond motifs is 1. The van der Waals surface area contributed by atoms with Gasteiger partial charge in [0.15, 0.2) is 0 Å². The lowest BCUT2D eigenvalue weighted by Crippen LogP contribution is -2.28. The third-order valence-corrected chi connectivity index (χ3v) is 4.24. The van der Waals surface area contributed by atoms with E-state index in [-0.39, 0.29) is 23.7 Å². The SMILES string of the molecule is CC(C)(C)Nc1ncnc(N)c1C(=N)c1[nH]c2cc(CO)ccc2c1Cl. The van der Waals surface area contributed by atoms with E-state index in [1.54, 1.807) is 12.1 Å². The Morgan fingerprint density at radius 3 is 2.73 bits per heavy atom. The van der Waals surface area contributed by atoms with Crippen molar-refractivity contribution in [2.75, 3.05) is 11.1 Å². The second-order valence-corrected chi connectivity index (χ2v) is 7.46. The number of nitrogen functional groups attached to an aromatic ring is 1. The molecule has 3 aromatic rings. The highest BCUT2D eigenvalue weighted by Crippen LogP contribution is 2.32. The van der Waals surface area contributed by atoms with Crippen molar-refractivity contribution < 1.29 is 5.11 Å². The minimum atomic E-state index is -0.268. The normalized spacial score (nSPS) is 11.7. The molecule has 0 aliphatic rings. The number of nitrogens with zero attached hydrogens (tertiary/aromatic N) is 2. The third-order valence-electron chi connectivity index (χ3n) is 3.85. The molecule has 2 aromatic heterocycles. The molecule has 7 nitrogen and oxygen atoms in total. The number of hydrogen-bond acceptors (Lipinski definition) is 6. The van der Waals surface area contributed by atoms with Crippen molar-refractivity contribution in [3.05, 3.63) is 46.4 Å². The topological polar surface area (TPSA) is 124 Å². The van der Waals surface area contributed by atoms with Crippen molar-refractivity contribution in [3.63, 3.8) is 0 Å². The van der Waals surface area contributed by atoms with Gasteiger partial charge < -0.3 is 21.1 Å². The zero-order chi connectivity index (χ0) is 19.1. The van der Waals surface area contributed by atoms with E-state index in [1.807, 2.05) is 26.8 Å². The van der Waals surface area contributed by atoms with Crippen molar-refractivity contribution in [1.82, 2.24) is 15.0 Å². The molecule has 0 spiro atoms. The zero-order valence-corrected chi connectivity index (χ0v) is 15.6. The summed E-state index contributed by atoms with van der Waals surface area (Å²) in [4.78, 5) is 11.4. The van der Waals surface area contributed by atoms with E-state index in [0.717, 1.165) is 16.5 Å². The van der Waals surface area contributed by atoms with Crippen molar-refractivity contribution in [3.8, 4) is 0 Å². The molecule has 3 rings (SSSR count). The lowest BCUT2D eigenvalue weighted by Gasteiger charge is -2.23. The summed E-state index contributed by atoms with van der Waals surface area (Å²) in [5.41, 5.74) is 8.18. The van der Waals surface area contributed by atoms with Gasteiger partial charge in [0.2, 0.25) is 0 Å². The van der Waals surface area contributed by atoms with E-state index in [2.05, 4.69) is 20.3 Å². The summed E-state index contributed by atoms with van der Waals surface area (Å²) in [5, 5.41) is 22.4. The highest BCUT2D eigenvalue weighted by Gasteiger charge is 2.23. The average molecular weight is 373 g/mol. The molecule has 26 heavy (non-hydrogen) atoms. The van der Waals surface area contributed by atoms with Crippen molar-refractivity contribution in [2.45, 2.75) is 32.9 Å². The Hall–Kier alpha value is -2.64. The van der Waals surface area contributed by atoms with Gasteiger partial charge in [0, 0.05) is 16.4 Å². The number of aromatic nitrogens is 3. The molecule has 0 amide bonds. The number of nitrogens with two attached hydrogens (primary N) is 1. The third kappa shape index (κ3) is 3.36. The van der Waals surface area contributed by atoms with Crippen molar-refractivity contribution in [2.24, 2.45) is 0 Å². The van der Waals surface area contributed by atoms with Gasteiger partial charge in [-0.3, -0.25) is 5.41 Å². The summed E-state index contributed by atoms with van der Waals surface area (Å²) in [5.74, 6) is 0.670. The van der Waals surface area contributed by atoms with Gasteiger partial charge in [-0.25, -0.2) is 9.97 Å². The number of H-pyrrole nitrogens is 1. The van der Waals surface area contributed by atoms with Gasteiger partial charge in [-0.1, -0.05) is 23.7 Å². The number of anilines is 2. The van der Waals surface area contributed by atoms with Gasteiger partial charge in [0.05, 0.1) is 28.6 Å². The van der Waals surface area contributed by atoms with Crippen LogP contribution in [0.3, 0.4) is 0 Å². The van der Waals surface area contributed by atoms with E-state index in [1.165, 1.54) is 6.33 Å². The van der Waals surface area contributed by atoms with E-state index in [9.17, 15) is 5.11 Å². The van der Waals surface area contributed by atoms with Crippen LogP contribution in [-0.4, -0.2) is 31.3 Å². The Balaban J connectivity index is 2.13. The number of aliphatic hydroxyl groups excluding tert-OH is 1. The second kappa shape index (κ2) is 6.59. The minimum Gasteiger partial charge on any atom is -0.392 e. The molecule has 0 unspecified atom stereocenters. The number of hydrogen-bond donors (Lipinski definition) is 5. The van der Waals surface area contributed by atoms with Gasteiger partial charge in [-0.15, -0.1) is 0 Å². The number of benzene rings is 1. The summed E-state index contributed by atoms with van der Waals surface area (Å²) < 4.78 is 0. The molecule has 1 aromatic carbocycles. The van der Waals surface area contributed by atoms with Crippen molar-refractivity contribution >= 4 is 39.9 Å². The Kier molecular flexibility index (Phi) is 4.60. The summed E-state index contributed by atoms with van der Waals surface area (Å²) in [7, 11) is 0. The first-order valence-corrected chi connectivity index (χ1v) is 8.48. The lowest BCUT2D eigenvalue weighted by atomic mass is 10.1. The van der Waals surface area contributed by atoms with Crippen LogP contribution in [0, 0.1) is 5.41 Å². The monoisotopic (exact) mass is 372 g/mol. The Labute approximate surface area is 156 Å². The number of rotatable bonds is 4. The fourth-order valence-electron chi connectivity index (χ4n) is 2.70. The Morgan fingerprint density at radius 1 is 1.35 bits per heavy atom. The molecular weight excluding hydrogens is 352 g/mol. The maximum atomic E-state index is 9.31. The highest BCUT2D eigenvalue weighted by molar-refractivity contribution is 6.40. The maximum absolute atomic E-state index is 9.31. The zero-order valence-electron chi connectivity index (χ0n) is 14.8. The van der Waals surface area contributed by atoms with Crippen LogP contribution in [0.2, 0.25) is 5.02 Å². The summed E-state index contributed by atoms with van der Waals surface area (Å²) >= 11 is 6.50. The molecule has 0 atom stereocenters. The fraction of sp³-hybridized carbons (Fsp3) is 0.278. The van der Waals surface area contributed by atoms with Crippen LogP contribution >= 0.6 is 11.6 Å². The molecule has 6 N–H and O–H groups in total. The number of halogens is 1. The minimum absolute atomic E-state index is 0.0709. The molecule has 0 fully saturated rings. The molecule has 0 bridgehead atoms. The average Bonchev–Trinajstić information content (AvgIpc) is 2.89. The van der Waals surface area contributed by atoms with E-state index >= 15 is 0 Å². The Bertz CT molecular complexity index is 989. The van der Waals surface area contributed by atoms with Gasteiger partial charge in [0.1, 0.15) is 18.0 Å². The Morgan fingerprint density at radius 2 is 2.08 bits per heavy atom. The van der Waals surface area contributed by atoms with Crippen molar-refractivity contribution in [1.29, 1.82) is 5.41 Å². The largest absolute Gasteiger partial charge is 0.392 e. The van der Waals surface area contributed by atoms with Gasteiger partial charge in [-0.2, -0.15) is 0 Å². The van der Waals surface area contributed by atoms with Crippen LogP contribution in [0.4, 0.5) is 11.6 Å². The maximum Gasteiger partial charge on any atom is 0.141 e. The van der Waals surface area contributed by atoms with Crippen LogP contribution in [0.25, 0.3) is 10.9 Å². The second-order valence-electron chi connectivity index (χ2n) is 7.08. The predicted molar refractivity (Wildman–Crippen MR) is 105 cm³/mol. The van der Waals surface area contributed by atoms with Crippen LogP contribution in [0.5, 0.6) is 0 Å². The smallest absolute Gasteiger partial charge is 0.141 e. The molecule has 0 saturated heterocycles. The molecule has 8 heteroatoms. The van der Waals surface area contributed by atoms with E-state index in [4.69, 9.17) is 22.7 Å². The van der Waals surface area contributed by atoms with Crippen LogP contribution in [-0.2, 0) is 6.61 Å². The van der Waals surface area contributed by atoms with Gasteiger partial charge in [-0.05, 0) is 32.4 Å². The molecule has 136 valence electrons. The first-order valence-electron chi connectivity index (χ1n) is 8.10. The van der Waals surface area contributed by atoms with E-state index < -0.39 is 0 Å². The molecule has 0 aliphatic heterocycles. The first-order chi connectivity index (χ1) is 12.2. The number of nitrogens with one attached hydrogen (secondary N) is 3. The highest BCUT2D eigenvalue weighted by atomic mass is 35.5. The fourth-order valence-corrected chi connectivity index (χ4v) is 3.01. The molecular formula is C18H21ClN6O. The molecule has 2 heterocycles. The standard InChI is InChI=1S/C18H21ClN6O/c1-18(2,3)25-17-12(16(21)22-8-23-17)14(20)15-13(19)10-5-4-9(7-26)6-11(10)24-15/h4-6,8,20,24,26H,7H2,1-3H3,(H3,21,22,23,25). The quantitative estimate of drug-likeness (QED) is 0.449. The van der Waals surface area contributed by atoms with Gasteiger partial charge in [0.25, 0.3) is 0 Å². The van der Waals surface area contributed by atoms with E-state index in [0.29, 0.717) is 22.1 Å². The summed E-state index contributed by atoms with van der Waals surface area (Å²) in [6.45, 7) is 5.90. The van der Waals surface area contributed by atoms with Gasteiger partial charge >= 0.3 is 0 Å². The lowest BCUT2D eigenvalue weighted by molar-refractivity contribution is 0.282. The number of aromatic amines is 1. The van der Waals surface area contributed by atoms with Crippen LogP contribution in [0.15, 0.2) is 24.5 Å². The molecule has 0 aliphatic carbocycles. The molecule has 0 saturated carbocycles.